The minimum absolute atomic E-state index is 0.564. The molecule has 0 radical (unpaired) electrons. The molecule has 4 aliphatic carbocycles. The molecular formula is C29H54N4. The van der Waals surface area contributed by atoms with Gasteiger partial charge in [0, 0.05) is 6.42 Å². The lowest BCUT2D eigenvalue weighted by Gasteiger charge is -2.66. The van der Waals surface area contributed by atoms with E-state index in [4.69, 9.17) is 11.6 Å². The van der Waals surface area contributed by atoms with Crippen LogP contribution in [0.3, 0.4) is 0 Å². The summed E-state index contributed by atoms with van der Waals surface area (Å²) in [4.78, 5) is 0. The van der Waals surface area contributed by atoms with Crippen LogP contribution in [-0.2, 0) is 0 Å². The summed E-state index contributed by atoms with van der Waals surface area (Å²) in [7, 11) is 0. The van der Waals surface area contributed by atoms with Crippen LogP contribution in [0.1, 0.15) is 130 Å². The standard InChI is InChI=1S/C29H54N4/c1-5-21-20-25-24(27(2)17-11-10-13-23(21)27)16-19-28(3)22(15-18-29(25,28)4)12-8-6-7-9-14-26(30)32-33-31/h21-25,33H,5-20,31H2,1-4H3,(H2,30,32)/t21-,22?,23?,24?,25?,27?,28?,29?/m0/s1. The van der Waals surface area contributed by atoms with Crippen LogP contribution >= 0.6 is 0 Å². The lowest BCUT2D eigenvalue weighted by atomic mass is 9.39. The van der Waals surface area contributed by atoms with Crippen molar-refractivity contribution >= 4 is 5.84 Å². The van der Waals surface area contributed by atoms with Gasteiger partial charge in [0.05, 0.1) is 0 Å². The maximum atomic E-state index is 5.83. The first-order valence-electron chi connectivity index (χ1n) is 14.6. The van der Waals surface area contributed by atoms with Crippen molar-refractivity contribution in [2.45, 2.75) is 130 Å². The molecular weight excluding hydrogens is 404 g/mol. The maximum Gasteiger partial charge on any atom is 0.121 e. The summed E-state index contributed by atoms with van der Waals surface area (Å²) in [5, 5.41) is 3.86. The van der Waals surface area contributed by atoms with Crippen molar-refractivity contribution in [3.63, 3.8) is 0 Å². The number of hydrogen-bond acceptors (Lipinski definition) is 3. The number of nitrogens with one attached hydrogen (secondary N) is 1. The zero-order valence-electron chi connectivity index (χ0n) is 22.3. The number of nitrogens with zero attached hydrogens (tertiary/aromatic N) is 1. The summed E-state index contributed by atoms with van der Waals surface area (Å²) in [6, 6.07) is 0. The van der Waals surface area contributed by atoms with Crippen LogP contribution in [0.2, 0.25) is 0 Å². The van der Waals surface area contributed by atoms with Gasteiger partial charge >= 0.3 is 0 Å². The summed E-state index contributed by atoms with van der Waals surface area (Å²) >= 11 is 0. The predicted molar refractivity (Wildman–Crippen MR) is 140 cm³/mol. The zero-order chi connectivity index (χ0) is 23.7. The van der Waals surface area contributed by atoms with Crippen LogP contribution in [0.15, 0.2) is 5.10 Å². The molecule has 0 amide bonds. The number of hydrazone groups is 1. The second-order valence-corrected chi connectivity index (χ2v) is 13.3. The number of rotatable bonds is 9. The molecule has 0 bridgehead atoms. The highest BCUT2D eigenvalue weighted by Gasteiger charge is 2.65. The van der Waals surface area contributed by atoms with Crippen molar-refractivity contribution in [3.8, 4) is 0 Å². The third kappa shape index (κ3) is 4.36. The quantitative estimate of drug-likeness (QED) is 0.113. The molecule has 4 nitrogen and oxygen atoms in total. The third-order valence-corrected chi connectivity index (χ3v) is 12.3. The van der Waals surface area contributed by atoms with Crippen LogP contribution in [0.25, 0.3) is 0 Å². The molecule has 0 saturated heterocycles. The molecule has 190 valence electrons. The number of unbranched alkanes of at least 4 members (excludes halogenated alkanes) is 3. The number of nitrogens with two attached hydrogens (primary N) is 2. The van der Waals surface area contributed by atoms with Gasteiger partial charge in [0.25, 0.3) is 0 Å². The monoisotopic (exact) mass is 458 g/mol. The first kappa shape index (κ1) is 25.3. The fourth-order valence-corrected chi connectivity index (χ4v) is 10.2. The molecule has 8 atom stereocenters. The molecule has 4 fully saturated rings. The number of hydrazine groups is 1. The van der Waals surface area contributed by atoms with Crippen LogP contribution in [0.5, 0.6) is 0 Å². The molecule has 4 aliphatic rings. The Morgan fingerprint density at radius 2 is 1.64 bits per heavy atom. The smallest absolute Gasteiger partial charge is 0.121 e. The van der Waals surface area contributed by atoms with Crippen molar-refractivity contribution in [2.24, 2.45) is 62.5 Å². The second kappa shape index (κ2) is 10.1. The molecule has 0 aliphatic heterocycles. The van der Waals surface area contributed by atoms with Gasteiger partial charge in [-0.1, -0.05) is 66.2 Å². The van der Waals surface area contributed by atoms with Gasteiger partial charge in [0.2, 0.25) is 0 Å². The Labute approximate surface area is 204 Å². The summed E-state index contributed by atoms with van der Waals surface area (Å²) < 4.78 is 0. The fourth-order valence-electron chi connectivity index (χ4n) is 10.2. The molecule has 4 saturated carbocycles. The Morgan fingerprint density at radius 3 is 2.39 bits per heavy atom. The average molecular weight is 459 g/mol. The largest absolute Gasteiger partial charge is 0.386 e. The average Bonchev–Trinajstić information content (AvgIpc) is 3.06. The van der Waals surface area contributed by atoms with Crippen molar-refractivity contribution in [1.29, 1.82) is 0 Å². The Hall–Kier alpha value is -0.770. The van der Waals surface area contributed by atoms with Gasteiger partial charge in [-0.05, 0) is 104 Å². The molecule has 0 spiro atoms. The molecule has 0 aromatic heterocycles. The molecule has 33 heavy (non-hydrogen) atoms. The number of hydrogen-bond donors (Lipinski definition) is 3. The van der Waals surface area contributed by atoms with E-state index in [0.29, 0.717) is 22.1 Å². The van der Waals surface area contributed by atoms with Crippen molar-refractivity contribution in [3.05, 3.63) is 0 Å². The van der Waals surface area contributed by atoms with Gasteiger partial charge in [-0.3, -0.25) is 0 Å². The predicted octanol–water partition coefficient (Wildman–Crippen LogP) is 7.14. The molecule has 5 N–H and O–H groups in total. The second-order valence-electron chi connectivity index (χ2n) is 13.3. The molecule has 7 unspecified atom stereocenters. The van der Waals surface area contributed by atoms with Gasteiger partial charge in [-0.2, -0.15) is 5.10 Å². The van der Waals surface area contributed by atoms with Gasteiger partial charge in [-0.15, -0.1) is 0 Å². The van der Waals surface area contributed by atoms with Crippen LogP contribution in [-0.4, -0.2) is 5.84 Å². The third-order valence-electron chi connectivity index (χ3n) is 12.3. The highest BCUT2D eigenvalue weighted by atomic mass is 15.5. The summed E-state index contributed by atoms with van der Waals surface area (Å²) in [6.45, 7) is 10.7. The van der Waals surface area contributed by atoms with E-state index in [-0.39, 0.29) is 0 Å². The van der Waals surface area contributed by atoms with E-state index in [1.54, 1.807) is 6.42 Å². The topological polar surface area (TPSA) is 76.4 Å². The first-order valence-corrected chi connectivity index (χ1v) is 14.6. The van der Waals surface area contributed by atoms with Crippen LogP contribution < -0.4 is 17.1 Å². The fraction of sp³-hybridized carbons (Fsp3) is 0.966. The summed E-state index contributed by atoms with van der Waals surface area (Å²) in [5.74, 6) is 10.7. The van der Waals surface area contributed by atoms with E-state index in [1.807, 2.05) is 0 Å². The Balaban J connectivity index is 1.39. The van der Waals surface area contributed by atoms with E-state index < -0.39 is 0 Å². The lowest BCUT2D eigenvalue weighted by molar-refractivity contribution is -0.172. The van der Waals surface area contributed by atoms with Crippen LogP contribution in [0, 0.1) is 45.8 Å². The maximum absolute atomic E-state index is 5.83. The Bertz CT molecular complexity index is 691. The van der Waals surface area contributed by atoms with Gasteiger partial charge in [0.1, 0.15) is 5.84 Å². The Morgan fingerprint density at radius 1 is 0.879 bits per heavy atom. The van der Waals surface area contributed by atoms with Crippen molar-refractivity contribution in [2.75, 3.05) is 0 Å². The first-order chi connectivity index (χ1) is 15.8. The Kier molecular flexibility index (Phi) is 7.73. The normalized spacial score (nSPS) is 45.2. The van der Waals surface area contributed by atoms with Gasteiger partial charge < -0.3 is 5.73 Å². The molecule has 0 heterocycles. The van der Waals surface area contributed by atoms with E-state index >= 15 is 0 Å². The van der Waals surface area contributed by atoms with Crippen molar-refractivity contribution in [1.82, 2.24) is 5.53 Å². The lowest BCUT2D eigenvalue weighted by Crippen LogP contribution is -2.59. The SMILES string of the molecule is CC[C@H]1CC2C(CCC3(C)C(CCCCCC/C(N)=N/NN)CCC23C)C2(C)CCCCC12. The highest BCUT2D eigenvalue weighted by Crippen LogP contribution is 2.73. The number of fused-ring (bicyclic) bond motifs is 5. The number of amidine groups is 1. The molecule has 4 heteroatoms. The highest BCUT2D eigenvalue weighted by molar-refractivity contribution is 5.79. The van der Waals surface area contributed by atoms with Crippen molar-refractivity contribution < 1.29 is 0 Å². The minimum Gasteiger partial charge on any atom is -0.386 e. The summed E-state index contributed by atoms with van der Waals surface area (Å²) in [5.41, 5.74) is 9.90. The van der Waals surface area contributed by atoms with Gasteiger partial charge in [0.15, 0.2) is 0 Å². The minimum atomic E-state index is 0.564. The van der Waals surface area contributed by atoms with E-state index in [9.17, 15) is 0 Å². The van der Waals surface area contributed by atoms with Crippen LogP contribution in [0.4, 0.5) is 0 Å². The molecule has 4 rings (SSSR count). The van der Waals surface area contributed by atoms with Gasteiger partial charge in [-0.25, -0.2) is 11.4 Å². The van der Waals surface area contributed by atoms with E-state index in [2.05, 4.69) is 38.3 Å². The molecule has 0 aromatic carbocycles. The summed E-state index contributed by atoms with van der Waals surface area (Å²) in [6.07, 6.45) is 22.3. The zero-order valence-corrected chi connectivity index (χ0v) is 22.3. The molecule has 0 aromatic rings. The van der Waals surface area contributed by atoms with E-state index in [1.165, 1.54) is 83.5 Å². The van der Waals surface area contributed by atoms with E-state index in [0.717, 1.165) is 42.4 Å².